The van der Waals surface area contributed by atoms with Crippen molar-refractivity contribution in [3.63, 3.8) is 0 Å². The zero-order chi connectivity index (χ0) is 12.3. The Hall–Kier alpha value is -0.320. The average Bonchev–Trinajstić information content (AvgIpc) is 2.37. The third-order valence-electron chi connectivity index (χ3n) is 3.11. The van der Waals surface area contributed by atoms with E-state index < -0.39 is 0 Å². The van der Waals surface area contributed by atoms with E-state index in [2.05, 4.69) is 10.2 Å². The van der Waals surface area contributed by atoms with Crippen LogP contribution in [-0.4, -0.2) is 42.8 Å². The lowest BCUT2D eigenvalue weighted by Crippen LogP contribution is -2.46. The molecular formula is C12H16Cl2N2O. The second-order valence-electron chi connectivity index (χ2n) is 4.13. The first-order valence-corrected chi connectivity index (χ1v) is 6.49. The van der Waals surface area contributed by atoms with E-state index >= 15 is 0 Å². The van der Waals surface area contributed by atoms with Gasteiger partial charge >= 0.3 is 0 Å². The largest absolute Gasteiger partial charge is 0.394 e. The SMILES string of the molecule is OCC(c1cccc(Cl)c1Cl)N1CCNCC1. The van der Waals surface area contributed by atoms with Crippen molar-refractivity contribution in [1.82, 2.24) is 10.2 Å². The standard InChI is InChI=1S/C12H16Cl2N2O/c13-10-3-1-2-9(12(10)14)11(8-17)16-6-4-15-5-7-16/h1-3,11,15,17H,4-8H2. The molecule has 0 saturated carbocycles. The fourth-order valence-corrected chi connectivity index (χ4v) is 2.62. The Morgan fingerprint density at radius 3 is 2.65 bits per heavy atom. The number of nitrogens with one attached hydrogen (secondary N) is 1. The number of benzene rings is 1. The molecule has 1 heterocycles. The second-order valence-corrected chi connectivity index (χ2v) is 4.91. The molecule has 0 spiro atoms. The Labute approximate surface area is 111 Å². The Morgan fingerprint density at radius 1 is 1.29 bits per heavy atom. The normalized spacial score (nSPS) is 19.2. The van der Waals surface area contributed by atoms with Crippen molar-refractivity contribution in [3.8, 4) is 0 Å². The quantitative estimate of drug-likeness (QED) is 0.884. The molecule has 3 nitrogen and oxygen atoms in total. The van der Waals surface area contributed by atoms with Crippen LogP contribution in [0.1, 0.15) is 11.6 Å². The molecule has 0 aliphatic carbocycles. The van der Waals surface area contributed by atoms with Gasteiger partial charge in [0, 0.05) is 26.2 Å². The molecule has 1 aliphatic rings. The van der Waals surface area contributed by atoms with Gasteiger partial charge in [-0.1, -0.05) is 35.3 Å². The summed E-state index contributed by atoms with van der Waals surface area (Å²) in [5, 5.41) is 14.0. The first kappa shape index (κ1) is 13.1. The van der Waals surface area contributed by atoms with Crippen LogP contribution in [0, 0.1) is 0 Å². The van der Waals surface area contributed by atoms with Crippen LogP contribution >= 0.6 is 23.2 Å². The molecule has 1 atom stereocenters. The maximum Gasteiger partial charge on any atom is 0.0641 e. The Kier molecular flexibility index (Phi) is 4.65. The van der Waals surface area contributed by atoms with Crippen LogP contribution in [0.5, 0.6) is 0 Å². The third-order valence-corrected chi connectivity index (χ3v) is 3.94. The molecule has 0 bridgehead atoms. The summed E-state index contributed by atoms with van der Waals surface area (Å²) in [6.07, 6.45) is 0. The highest BCUT2D eigenvalue weighted by Gasteiger charge is 2.23. The van der Waals surface area contributed by atoms with Gasteiger partial charge in [0.1, 0.15) is 0 Å². The highest BCUT2D eigenvalue weighted by atomic mass is 35.5. The first-order valence-electron chi connectivity index (χ1n) is 5.73. The van der Waals surface area contributed by atoms with Gasteiger partial charge in [0.2, 0.25) is 0 Å². The molecule has 1 aromatic rings. The van der Waals surface area contributed by atoms with Crippen LogP contribution in [-0.2, 0) is 0 Å². The van der Waals surface area contributed by atoms with E-state index in [0.717, 1.165) is 31.7 Å². The predicted molar refractivity (Wildman–Crippen MR) is 70.7 cm³/mol. The van der Waals surface area contributed by atoms with Crippen LogP contribution in [0.25, 0.3) is 0 Å². The minimum Gasteiger partial charge on any atom is -0.394 e. The third kappa shape index (κ3) is 2.92. The second kappa shape index (κ2) is 6.03. The number of rotatable bonds is 3. The fourth-order valence-electron chi connectivity index (χ4n) is 2.18. The van der Waals surface area contributed by atoms with Crippen molar-refractivity contribution >= 4 is 23.2 Å². The van der Waals surface area contributed by atoms with Gasteiger partial charge in [-0.3, -0.25) is 4.90 Å². The fraction of sp³-hybridized carbons (Fsp3) is 0.500. The van der Waals surface area contributed by atoms with Crippen molar-refractivity contribution in [2.45, 2.75) is 6.04 Å². The number of piperazine rings is 1. The Balaban J connectivity index is 2.24. The Morgan fingerprint density at radius 2 is 2.00 bits per heavy atom. The minimum absolute atomic E-state index is 0.0556. The van der Waals surface area contributed by atoms with Crippen molar-refractivity contribution in [1.29, 1.82) is 0 Å². The van der Waals surface area contributed by atoms with Gasteiger partial charge in [-0.05, 0) is 11.6 Å². The van der Waals surface area contributed by atoms with Gasteiger partial charge in [-0.2, -0.15) is 0 Å². The van der Waals surface area contributed by atoms with Crippen LogP contribution in [0.2, 0.25) is 10.0 Å². The maximum atomic E-state index is 9.58. The summed E-state index contributed by atoms with van der Waals surface area (Å²) in [6, 6.07) is 5.49. The molecule has 2 rings (SSSR count). The van der Waals surface area contributed by atoms with E-state index in [1.807, 2.05) is 12.1 Å². The molecule has 1 saturated heterocycles. The van der Waals surface area contributed by atoms with Crippen molar-refractivity contribution in [2.24, 2.45) is 0 Å². The lowest BCUT2D eigenvalue weighted by molar-refractivity contribution is 0.111. The van der Waals surface area contributed by atoms with E-state index in [1.165, 1.54) is 0 Å². The molecule has 0 radical (unpaired) electrons. The average molecular weight is 275 g/mol. The molecule has 1 aromatic carbocycles. The molecule has 1 unspecified atom stereocenters. The van der Waals surface area contributed by atoms with Gasteiger partial charge in [0.15, 0.2) is 0 Å². The topological polar surface area (TPSA) is 35.5 Å². The number of aliphatic hydroxyl groups is 1. The zero-order valence-corrected chi connectivity index (χ0v) is 11.0. The highest BCUT2D eigenvalue weighted by Crippen LogP contribution is 2.32. The smallest absolute Gasteiger partial charge is 0.0641 e. The van der Waals surface area contributed by atoms with E-state index in [4.69, 9.17) is 23.2 Å². The highest BCUT2D eigenvalue weighted by molar-refractivity contribution is 6.42. The van der Waals surface area contributed by atoms with Crippen molar-refractivity contribution in [2.75, 3.05) is 32.8 Å². The summed E-state index contributed by atoms with van der Waals surface area (Å²) >= 11 is 12.2. The van der Waals surface area contributed by atoms with E-state index in [1.54, 1.807) is 6.07 Å². The molecule has 0 aromatic heterocycles. The number of aliphatic hydroxyl groups excluding tert-OH is 1. The summed E-state index contributed by atoms with van der Waals surface area (Å²) in [5.41, 5.74) is 0.906. The van der Waals surface area contributed by atoms with Gasteiger partial charge in [-0.15, -0.1) is 0 Å². The van der Waals surface area contributed by atoms with Crippen LogP contribution in [0.4, 0.5) is 0 Å². The van der Waals surface area contributed by atoms with Crippen molar-refractivity contribution in [3.05, 3.63) is 33.8 Å². The summed E-state index contributed by atoms with van der Waals surface area (Å²) in [4.78, 5) is 2.23. The molecule has 1 fully saturated rings. The molecule has 17 heavy (non-hydrogen) atoms. The summed E-state index contributed by atoms with van der Waals surface area (Å²) in [6.45, 7) is 3.76. The monoisotopic (exact) mass is 274 g/mol. The molecule has 5 heteroatoms. The lowest BCUT2D eigenvalue weighted by Gasteiger charge is -2.34. The number of hydrogen-bond donors (Lipinski definition) is 2. The molecule has 0 amide bonds. The van der Waals surface area contributed by atoms with Crippen LogP contribution in [0.3, 0.4) is 0 Å². The first-order chi connectivity index (χ1) is 8.24. The Bertz CT molecular complexity index is 381. The number of halogens is 2. The predicted octanol–water partition coefficient (Wildman–Crippen LogP) is 1.93. The van der Waals surface area contributed by atoms with Gasteiger partial charge in [-0.25, -0.2) is 0 Å². The van der Waals surface area contributed by atoms with Gasteiger partial charge < -0.3 is 10.4 Å². The molecular weight excluding hydrogens is 259 g/mol. The minimum atomic E-state index is -0.0664. The molecule has 94 valence electrons. The van der Waals surface area contributed by atoms with Gasteiger partial charge in [0.05, 0.1) is 22.7 Å². The summed E-state index contributed by atoms with van der Waals surface area (Å²) < 4.78 is 0. The number of nitrogens with zero attached hydrogens (tertiary/aromatic N) is 1. The van der Waals surface area contributed by atoms with Gasteiger partial charge in [0.25, 0.3) is 0 Å². The van der Waals surface area contributed by atoms with E-state index in [9.17, 15) is 5.11 Å². The zero-order valence-electron chi connectivity index (χ0n) is 9.50. The maximum absolute atomic E-state index is 9.58. The van der Waals surface area contributed by atoms with E-state index in [-0.39, 0.29) is 12.6 Å². The van der Waals surface area contributed by atoms with Crippen LogP contribution in [0.15, 0.2) is 18.2 Å². The molecule has 1 aliphatic heterocycles. The van der Waals surface area contributed by atoms with Crippen LogP contribution < -0.4 is 5.32 Å². The lowest BCUT2D eigenvalue weighted by atomic mass is 10.1. The van der Waals surface area contributed by atoms with Crippen molar-refractivity contribution < 1.29 is 5.11 Å². The summed E-state index contributed by atoms with van der Waals surface area (Å²) in [5.74, 6) is 0. The summed E-state index contributed by atoms with van der Waals surface area (Å²) in [7, 11) is 0. The van der Waals surface area contributed by atoms with E-state index in [0.29, 0.717) is 10.0 Å². The number of hydrogen-bond acceptors (Lipinski definition) is 3. The molecule has 2 N–H and O–H groups in total.